The fourth-order valence-corrected chi connectivity index (χ4v) is 4.58. The average Bonchev–Trinajstić information content (AvgIpc) is 2.73. The molecule has 1 amide bonds. The normalized spacial score (nSPS) is 15.1. The smallest absolute Gasteiger partial charge is 0.261 e. The minimum absolute atomic E-state index is 0.00849. The number of ether oxygens (including phenoxy) is 2. The van der Waals surface area contributed by atoms with E-state index in [0.717, 1.165) is 18.4 Å². The number of sulfonamides is 1. The molecule has 0 radical (unpaired) electrons. The molecule has 1 fully saturated rings. The summed E-state index contributed by atoms with van der Waals surface area (Å²) in [6.45, 7) is 3.86. The quantitative estimate of drug-likeness (QED) is 0.724. The van der Waals surface area contributed by atoms with Crippen LogP contribution in [0.25, 0.3) is 0 Å². The van der Waals surface area contributed by atoms with Crippen molar-refractivity contribution in [3.63, 3.8) is 0 Å². The molecule has 1 aliphatic heterocycles. The molecule has 1 aliphatic rings. The van der Waals surface area contributed by atoms with Crippen LogP contribution in [0.2, 0.25) is 0 Å². The van der Waals surface area contributed by atoms with Gasteiger partial charge in [-0.1, -0.05) is 19.1 Å². The van der Waals surface area contributed by atoms with Crippen LogP contribution in [0, 0.1) is 5.92 Å². The third-order valence-electron chi connectivity index (χ3n) is 5.27. The number of rotatable bonds is 7. The molecule has 0 unspecified atom stereocenters. The molecule has 0 aromatic heterocycles. The van der Waals surface area contributed by atoms with Crippen molar-refractivity contribution in [1.82, 2.24) is 4.90 Å². The number of anilines is 1. The Morgan fingerprint density at radius 2 is 1.87 bits per heavy atom. The summed E-state index contributed by atoms with van der Waals surface area (Å²) in [5, 5.41) is 0. The molecular weight excluding hydrogens is 404 g/mol. The molecule has 162 valence electrons. The van der Waals surface area contributed by atoms with Gasteiger partial charge < -0.3 is 14.4 Å². The zero-order valence-corrected chi connectivity index (χ0v) is 18.4. The lowest BCUT2D eigenvalue weighted by molar-refractivity contribution is 0.0693. The molecule has 1 heterocycles. The third kappa shape index (κ3) is 5.12. The highest BCUT2D eigenvalue weighted by Gasteiger charge is 2.26. The highest BCUT2D eigenvalue weighted by molar-refractivity contribution is 7.92. The van der Waals surface area contributed by atoms with Crippen molar-refractivity contribution in [2.45, 2.75) is 31.3 Å². The van der Waals surface area contributed by atoms with E-state index >= 15 is 0 Å². The Hall–Kier alpha value is -2.58. The first-order valence-electron chi connectivity index (χ1n) is 9.92. The summed E-state index contributed by atoms with van der Waals surface area (Å²) in [4.78, 5) is 14.8. The van der Waals surface area contributed by atoms with Gasteiger partial charge in [-0.25, -0.2) is 8.42 Å². The van der Waals surface area contributed by atoms with Crippen LogP contribution in [-0.4, -0.2) is 46.5 Å². The maximum atomic E-state index is 13.1. The van der Waals surface area contributed by atoms with Crippen LogP contribution >= 0.6 is 0 Å². The molecule has 1 saturated heterocycles. The monoisotopic (exact) mass is 432 g/mol. The van der Waals surface area contributed by atoms with Crippen LogP contribution in [0.15, 0.2) is 47.4 Å². The van der Waals surface area contributed by atoms with Crippen molar-refractivity contribution in [3.8, 4) is 5.75 Å². The van der Waals surface area contributed by atoms with E-state index in [4.69, 9.17) is 9.47 Å². The molecule has 0 aliphatic carbocycles. The molecule has 3 rings (SSSR count). The van der Waals surface area contributed by atoms with E-state index in [2.05, 4.69) is 11.6 Å². The van der Waals surface area contributed by atoms with Crippen LogP contribution in [0.1, 0.15) is 35.7 Å². The predicted octanol–water partition coefficient (Wildman–Crippen LogP) is 3.51. The van der Waals surface area contributed by atoms with Gasteiger partial charge in [0.25, 0.3) is 15.9 Å². The summed E-state index contributed by atoms with van der Waals surface area (Å²) in [6.07, 6.45) is 1.87. The van der Waals surface area contributed by atoms with E-state index in [9.17, 15) is 13.2 Å². The number of methoxy groups -OCH3 is 2. The van der Waals surface area contributed by atoms with Crippen LogP contribution < -0.4 is 9.46 Å². The molecule has 1 N–H and O–H groups in total. The second kappa shape index (κ2) is 9.49. The van der Waals surface area contributed by atoms with Crippen LogP contribution in [0.5, 0.6) is 5.75 Å². The Balaban J connectivity index is 1.87. The molecular formula is C22H28N2O5S. The largest absolute Gasteiger partial charge is 0.496 e. The molecule has 2 aromatic carbocycles. The SMILES string of the molecule is COCc1cccc(NS(=O)(=O)c2ccc(OC)c(C(=O)N3CCC(C)CC3)c2)c1. The Bertz CT molecular complexity index is 998. The lowest BCUT2D eigenvalue weighted by Gasteiger charge is -2.30. The van der Waals surface area contributed by atoms with Gasteiger partial charge in [0.05, 0.1) is 24.2 Å². The first kappa shape index (κ1) is 22.1. The van der Waals surface area contributed by atoms with Crippen molar-refractivity contribution in [2.24, 2.45) is 5.92 Å². The van der Waals surface area contributed by atoms with Gasteiger partial charge >= 0.3 is 0 Å². The van der Waals surface area contributed by atoms with E-state index in [-0.39, 0.29) is 16.4 Å². The average molecular weight is 433 g/mol. The van der Waals surface area contributed by atoms with Gasteiger partial charge in [0.2, 0.25) is 0 Å². The molecule has 8 heteroatoms. The Morgan fingerprint density at radius 3 is 2.53 bits per heavy atom. The summed E-state index contributed by atoms with van der Waals surface area (Å²) in [5.74, 6) is 0.735. The number of amides is 1. The summed E-state index contributed by atoms with van der Waals surface area (Å²) in [7, 11) is -0.833. The number of hydrogen-bond donors (Lipinski definition) is 1. The van der Waals surface area contributed by atoms with Gasteiger partial charge in [0.15, 0.2) is 0 Å². The van der Waals surface area contributed by atoms with Gasteiger partial charge in [0, 0.05) is 25.9 Å². The highest BCUT2D eigenvalue weighted by Crippen LogP contribution is 2.27. The minimum Gasteiger partial charge on any atom is -0.496 e. The molecule has 0 bridgehead atoms. The highest BCUT2D eigenvalue weighted by atomic mass is 32.2. The summed E-state index contributed by atoms with van der Waals surface area (Å²) < 4.78 is 38.9. The van der Waals surface area contributed by atoms with Crippen molar-refractivity contribution in [1.29, 1.82) is 0 Å². The lowest BCUT2D eigenvalue weighted by atomic mass is 9.98. The number of hydrogen-bond acceptors (Lipinski definition) is 5. The molecule has 30 heavy (non-hydrogen) atoms. The fraction of sp³-hybridized carbons (Fsp3) is 0.409. The topological polar surface area (TPSA) is 84.9 Å². The number of piperidine rings is 1. The molecule has 2 aromatic rings. The summed E-state index contributed by atoms with van der Waals surface area (Å²) in [6, 6.07) is 11.3. The van der Waals surface area contributed by atoms with E-state index in [1.165, 1.54) is 25.3 Å². The van der Waals surface area contributed by atoms with E-state index < -0.39 is 10.0 Å². The minimum atomic E-state index is -3.88. The Kier molecular flexibility index (Phi) is 6.99. The number of carbonyl (C=O) groups excluding carboxylic acids is 1. The predicted molar refractivity (Wildman–Crippen MR) is 115 cm³/mol. The first-order valence-corrected chi connectivity index (χ1v) is 11.4. The van der Waals surface area contributed by atoms with Gasteiger partial charge in [0.1, 0.15) is 5.75 Å². The van der Waals surface area contributed by atoms with Crippen LogP contribution in [0.3, 0.4) is 0 Å². The van der Waals surface area contributed by atoms with E-state index in [0.29, 0.717) is 37.1 Å². The molecule has 0 spiro atoms. The second-order valence-electron chi connectivity index (χ2n) is 7.58. The van der Waals surface area contributed by atoms with Gasteiger partial charge in [-0.3, -0.25) is 9.52 Å². The van der Waals surface area contributed by atoms with Crippen molar-refractivity contribution >= 4 is 21.6 Å². The zero-order valence-electron chi connectivity index (χ0n) is 17.6. The van der Waals surface area contributed by atoms with Crippen molar-refractivity contribution in [3.05, 3.63) is 53.6 Å². The fourth-order valence-electron chi connectivity index (χ4n) is 3.51. The number of likely N-dealkylation sites (tertiary alicyclic amines) is 1. The van der Waals surface area contributed by atoms with Crippen LogP contribution in [-0.2, 0) is 21.4 Å². The third-order valence-corrected chi connectivity index (χ3v) is 6.65. The number of benzene rings is 2. The van der Waals surface area contributed by atoms with Crippen molar-refractivity contribution in [2.75, 3.05) is 32.0 Å². The van der Waals surface area contributed by atoms with Crippen molar-refractivity contribution < 1.29 is 22.7 Å². The Labute approximate surface area is 178 Å². The van der Waals surface area contributed by atoms with Gasteiger partial charge in [-0.05, 0) is 54.7 Å². The maximum absolute atomic E-state index is 13.1. The van der Waals surface area contributed by atoms with Gasteiger partial charge in [-0.15, -0.1) is 0 Å². The number of carbonyl (C=O) groups is 1. The summed E-state index contributed by atoms with van der Waals surface area (Å²) in [5.41, 5.74) is 1.53. The zero-order chi connectivity index (χ0) is 21.7. The maximum Gasteiger partial charge on any atom is 0.261 e. The Morgan fingerprint density at radius 1 is 1.13 bits per heavy atom. The van der Waals surface area contributed by atoms with E-state index in [1.54, 1.807) is 30.2 Å². The molecule has 0 saturated carbocycles. The number of nitrogens with zero attached hydrogens (tertiary/aromatic N) is 1. The van der Waals surface area contributed by atoms with Crippen LogP contribution in [0.4, 0.5) is 5.69 Å². The second-order valence-corrected chi connectivity index (χ2v) is 9.26. The lowest BCUT2D eigenvalue weighted by Crippen LogP contribution is -2.38. The first-order chi connectivity index (χ1) is 14.3. The molecule has 0 atom stereocenters. The summed E-state index contributed by atoms with van der Waals surface area (Å²) >= 11 is 0. The van der Waals surface area contributed by atoms with E-state index in [1.807, 2.05) is 6.07 Å². The van der Waals surface area contributed by atoms with Gasteiger partial charge in [-0.2, -0.15) is 0 Å². The standard InChI is InChI=1S/C22H28N2O5S/c1-16-9-11-24(12-10-16)22(25)20-14-19(7-8-21(20)29-3)30(26,27)23-18-6-4-5-17(13-18)15-28-2/h4-8,13-14,16,23H,9-12,15H2,1-3H3. The molecule has 7 nitrogen and oxygen atoms in total. The number of nitrogens with one attached hydrogen (secondary N) is 1.